The van der Waals surface area contributed by atoms with Crippen LogP contribution in [0.5, 0.6) is 0 Å². The molecule has 0 aliphatic heterocycles. The van der Waals surface area contributed by atoms with Gasteiger partial charge in [0.25, 0.3) is 0 Å². The molecule has 0 N–H and O–H groups in total. The van der Waals surface area contributed by atoms with E-state index in [2.05, 4.69) is 12.0 Å². The number of rotatable bonds is 6. The lowest BCUT2D eigenvalue weighted by Gasteiger charge is -2.25. The number of ether oxygens (including phenoxy) is 2. The van der Waals surface area contributed by atoms with Crippen LogP contribution in [0.25, 0.3) is 0 Å². The quantitative estimate of drug-likeness (QED) is 0.326. The van der Waals surface area contributed by atoms with E-state index in [-0.39, 0.29) is 12.8 Å². The Kier molecular flexibility index (Phi) is 4.41. The van der Waals surface area contributed by atoms with Crippen LogP contribution in [0, 0.1) is 29.1 Å². The summed E-state index contributed by atoms with van der Waals surface area (Å²) in [6, 6.07) is 0. The molecule has 0 spiro atoms. The summed E-state index contributed by atoms with van der Waals surface area (Å²) in [5.74, 6) is 1.92. The Labute approximate surface area is 125 Å². The fourth-order valence-corrected chi connectivity index (χ4v) is 3.59. The second-order valence-corrected chi connectivity index (χ2v) is 6.08. The molecule has 0 unspecified atom stereocenters. The monoisotopic (exact) mass is 290 g/mol. The minimum atomic E-state index is -1.42. The van der Waals surface area contributed by atoms with Crippen molar-refractivity contribution >= 4 is 11.9 Å². The molecule has 0 bridgehead atoms. The average Bonchev–Trinajstić information content (AvgIpc) is 3.04. The first-order chi connectivity index (χ1) is 10.0. The summed E-state index contributed by atoms with van der Waals surface area (Å²) in [5, 5.41) is 0. The molecule has 0 amide bonds. The SMILES string of the molecule is C#CCC(C/C=C/[C@@]12CCC[C@@H]1C2)(C(=O)OC)C(=O)OC. The summed E-state index contributed by atoms with van der Waals surface area (Å²) >= 11 is 0. The van der Waals surface area contributed by atoms with E-state index in [1.165, 1.54) is 39.9 Å². The average molecular weight is 290 g/mol. The number of hydrogen-bond donors (Lipinski definition) is 0. The molecule has 2 aliphatic carbocycles. The predicted molar refractivity (Wildman–Crippen MR) is 78.1 cm³/mol. The smallest absolute Gasteiger partial charge is 0.324 e. The van der Waals surface area contributed by atoms with Crippen LogP contribution in [-0.4, -0.2) is 26.2 Å². The highest BCUT2D eigenvalue weighted by Gasteiger charge is 2.55. The van der Waals surface area contributed by atoms with E-state index >= 15 is 0 Å². The van der Waals surface area contributed by atoms with Crippen LogP contribution in [0.2, 0.25) is 0 Å². The molecule has 0 aromatic heterocycles. The molecule has 4 heteroatoms. The molecular weight excluding hydrogens is 268 g/mol. The molecule has 0 radical (unpaired) electrons. The zero-order chi connectivity index (χ0) is 15.5. The van der Waals surface area contributed by atoms with Crippen LogP contribution in [0.4, 0.5) is 0 Å². The van der Waals surface area contributed by atoms with Crippen LogP contribution < -0.4 is 0 Å². The Morgan fingerprint density at radius 3 is 2.48 bits per heavy atom. The van der Waals surface area contributed by atoms with Gasteiger partial charge < -0.3 is 9.47 Å². The van der Waals surface area contributed by atoms with E-state index < -0.39 is 17.4 Å². The zero-order valence-electron chi connectivity index (χ0n) is 12.7. The van der Waals surface area contributed by atoms with Gasteiger partial charge in [0.05, 0.1) is 14.2 Å². The van der Waals surface area contributed by atoms with Gasteiger partial charge in [0.2, 0.25) is 0 Å². The molecule has 2 fully saturated rings. The van der Waals surface area contributed by atoms with Crippen molar-refractivity contribution in [2.45, 2.75) is 38.5 Å². The van der Waals surface area contributed by atoms with Gasteiger partial charge in [-0.1, -0.05) is 18.6 Å². The highest BCUT2D eigenvalue weighted by Crippen LogP contribution is 2.64. The Morgan fingerprint density at radius 1 is 1.38 bits per heavy atom. The highest BCUT2D eigenvalue weighted by molar-refractivity contribution is 6.00. The Morgan fingerprint density at radius 2 is 2.05 bits per heavy atom. The summed E-state index contributed by atoms with van der Waals surface area (Å²) < 4.78 is 9.56. The summed E-state index contributed by atoms with van der Waals surface area (Å²) in [7, 11) is 2.51. The molecule has 2 rings (SSSR count). The Bertz CT molecular complexity index is 483. The van der Waals surface area contributed by atoms with E-state index in [4.69, 9.17) is 15.9 Å². The molecule has 2 aliphatic rings. The van der Waals surface area contributed by atoms with Gasteiger partial charge >= 0.3 is 11.9 Å². The van der Waals surface area contributed by atoms with Gasteiger partial charge in [-0.15, -0.1) is 12.3 Å². The molecule has 114 valence electrons. The summed E-state index contributed by atoms with van der Waals surface area (Å²) in [6.07, 6.45) is 14.6. The lowest BCUT2D eigenvalue weighted by molar-refractivity contribution is -0.168. The molecule has 0 heterocycles. The summed E-state index contributed by atoms with van der Waals surface area (Å²) in [4.78, 5) is 24.2. The third-order valence-corrected chi connectivity index (χ3v) is 4.95. The maximum Gasteiger partial charge on any atom is 0.324 e. The topological polar surface area (TPSA) is 52.6 Å². The Balaban J connectivity index is 2.15. The lowest BCUT2D eigenvalue weighted by Crippen LogP contribution is -2.40. The number of hydrogen-bond acceptors (Lipinski definition) is 4. The fourth-order valence-electron chi connectivity index (χ4n) is 3.59. The van der Waals surface area contributed by atoms with Crippen molar-refractivity contribution in [3.05, 3.63) is 12.2 Å². The third-order valence-electron chi connectivity index (χ3n) is 4.95. The molecule has 2 saturated carbocycles. The normalized spacial score (nSPS) is 27.0. The lowest BCUT2D eigenvalue weighted by atomic mass is 9.80. The number of esters is 2. The minimum absolute atomic E-state index is 0.0207. The van der Waals surface area contributed by atoms with Gasteiger partial charge in [0.1, 0.15) is 0 Å². The van der Waals surface area contributed by atoms with Crippen molar-refractivity contribution in [1.29, 1.82) is 0 Å². The van der Waals surface area contributed by atoms with E-state index in [9.17, 15) is 9.59 Å². The molecule has 4 nitrogen and oxygen atoms in total. The predicted octanol–water partition coefficient (Wildman–Crippen LogP) is 2.48. The van der Waals surface area contributed by atoms with Gasteiger partial charge in [-0.25, -0.2) is 0 Å². The number of methoxy groups -OCH3 is 2. The van der Waals surface area contributed by atoms with E-state index in [0.29, 0.717) is 5.41 Å². The number of allylic oxidation sites excluding steroid dienone is 2. The van der Waals surface area contributed by atoms with Crippen molar-refractivity contribution in [2.75, 3.05) is 14.2 Å². The molecule has 0 saturated heterocycles. The molecule has 2 atom stereocenters. The number of terminal acetylenes is 1. The number of fused-ring (bicyclic) bond motifs is 1. The second kappa shape index (κ2) is 5.93. The van der Waals surface area contributed by atoms with Crippen molar-refractivity contribution in [2.24, 2.45) is 16.7 Å². The van der Waals surface area contributed by atoms with Gasteiger partial charge in [0, 0.05) is 6.42 Å². The summed E-state index contributed by atoms with van der Waals surface area (Å²) in [5.41, 5.74) is -1.11. The van der Waals surface area contributed by atoms with Gasteiger partial charge in [-0.3, -0.25) is 9.59 Å². The summed E-state index contributed by atoms with van der Waals surface area (Å²) in [6.45, 7) is 0. The van der Waals surface area contributed by atoms with Crippen molar-refractivity contribution in [1.82, 2.24) is 0 Å². The Hall–Kier alpha value is -1.76. The van der Waals surface area contributed by atoms with Crippen molar-refractivity contribution < 1.29 is 19.1 Å². The first-order valence-electron chi connectivity index (χ1n) is 7.32. The number of carbonyl (C=O) groups is 2. The van der Waals surface area contributed by atoms with Crippen LogP contribution in [-0.2, 0) is 19.1 Å². The van der Waals surface area contributed by atoms with Crippen LogP contribution in [0.15, 0.2) is 12.2 Å². The molecule has 0 aromatic carbocycles. The zero-order valence-corrected chi connectivity index (χ0v) is 12.7. The third kappa shape index (κ3) is 2.70. The standard InChI is InChI=1S/C17H22O4/c1-4-8-17(14(18)20-2,15(19)21-3)11-6-10-16-9-5-7-13(16)12-16/h1,6,10,13H,5,7-9,11-12H2,2-3H3/b10-6+/t13-,16-/m1/s1. The molecule has 21 heavy (non-hydrogen) atoms. The van der Waals surface area contributed by atoms with Crippen LogP contribution in [0.3, 0.4) is 0 Å². The van der Waals surface area contributed by atoms with Crippen molar-refractivity contribution in [3.8, 4) is 12.3 Å². The first-order valence-corrected chi connectivity index (χ1v) is 7.32. The van der Waals surface area contributed by atoms with E-state index in [1.807, 2.05) is 6.08 Å². The molecular formula is C17H22O4. The first kappa shape index (κ1) is 15.6. The highest BCUT2D eigenvalue weighted by atomic mass is 16.5. The van der Waals surface area contributed by atoms with Gasteiger partial charge in [0.15, 0.2) is 5.41 Å². The van der Waals surface area contributed by atoms with Crippen LogP contribution >= 0.6 is 0 Å². The van der Waals surface area contributed by atoms with Gasteiger partial charge in [-0.05, 0) is 37.0 Å². The molecule has 0 aromatic rings. The minimum Gasteiger partial charge on any atom is -0.468 e. The van der Waals surface area contributed by atoms with Crippen molar-refractivity contribution in [3.63, 3.8) is 0 Å². The van der Waals surface area contributed by atoms with E-state index in [0.717, 1.165) is 5.92 Å². The van der Waals surface area contributed by atoms with E-state index in [1.54, 1.807) is 0 Å². The number of carbonyl (C=O) groups excluding carboxylic acids is 2. The van der Waals surface area contributed by atoms with Crippen LogP contribution in [0.1, 0.15) is 38.5 Å². The largest absolute Gasteiger partial charge is 0.468 e. The second-order valence-electron chi connectivity index (χ2n) is 6.08. The van der Waals surface area contributed by atoms with Gasteiger partial charge in [-0.2, -0.15) is 0 Å². The maximum absolute atomic E-state index is 12.1. The fraction of sp³-hybridized carbons (Fsp3) is 0.647. The maximum atomic E-state index is 12.1.